The molecule has 1 aromatic heterocycles. The van der Waals surface area contributed by atoms with Crippen molar-refractivity contribution in [2.24, 2.45) is 12.0 Å². The van der Waals surface area contributed by atoms with Gasteiger partial charge in [-0.2, -0.15) is 0 Å². The Kier molecular flexibility index (Phi) is 5.40. The Balaban J connectivity index is 2.19. The number of rotatable bonds is 4. The van der Waals surface area contributed by atoms with Crippen molar-refractivity contribution in [1.29, 1.82) is 0 Å². The van der Waals surface area contributed by atoms with Gasteiger partial charge in [0.25, 0.3) is 0 Å². The lowest BCUT2D eigenvalue weighted by atomic mass is 9.96. The molecule has 1 aromatic rings. The van der Waals surface area contributed by atoms with Crippen LogP contribution in [-0.2, 0) is 23.0 Å². The Hall–Kier alpha value is -1.10. The smallest absolute Gasteiger partial charge is 0.311 e. The van der Waals surface area contributed by atoms with Crippen LogP contribution in [0, 0.1) is 6.92 Å². The van der Waals surface area contributed by atoms with E-state index in [-0.39, 0.29) is 5.97 Å². The molecule has 1 heterocycles. The molecule has 0 aromatic carbocycles. The predicted octanol–water partition coefficient (Wildman–Crippen LogP) is 2.73. The van der Waals surface area contributed by atoms with Crippen molar-refractivity contribution in [2.45, 2.75) is 58.4 Å². The van der Waals surface area contributed by atoms with Crippen LogP contribution in [0.15, 0.2) is 4.99 Å². The van der Waals surface area contributed by atoms with Gasteiger partial charge in [0.15, 0.2) is 4.80 Å². The number of ether oxygens (including phenoxy) is 1. The Bertz CT molecular complexity index is 524. The molecule has 0 bridgehead atoms. The normalized spacial score (nSPS) is 17.4. The number of carbonyl (C=O) groups is 1. The summed E-state index contributed by atoms with van der Waals surface area (Å²) >= 11 is 1.68. The molecule has 1 fully saturated rings. The summed E-state index contributed by atoms with van der Waals surface area (Å²) in [6.07, 6.45) is 6.66. The van der Waals surface area contributed by atoms with Crippen LogP contribution >= 0.6 is 11.3 Å². The molecule has 1 aliphatic carbocycles. The quantitative estimate of drug-likeness (QED) is 0.802. The Labute approximate surface area is 124 Å². The topological polar surface area (TPSA) is 43.6 Å². The van der Waals surface area contributed by atoms with Crippen molar-refractivity contribution >= 4 is 17.3 Å². The van der Waals surface area contributed by atoms with Gasteiger partial charge in [0.05, 0.1) is 19.1 Å². The number of hydrogen-bond donors (Lipinski definition) is 0. The van der Waals surface area contributed by atoms with Gasteiger partial charge >= 0.3 is 5.97 Å². The number of aryl methyl sites for hydroxylation is 1. The molecule has 0 amide bonds. The van der Waals surface area contributed by atoms with E-state index >= 15 is 0 Å². The van der Waals surface area contributed by atoms with Gasteiger partial charge in [-0.05, 0) is 26.7 Å². The van der Waals surface area contributed by atoms with E-state index in [1.165, 1.54) is 32.1 Å². The van der Waals surface area contributed by atoms with Gasteiger partial charge in [-0.3, -0.25) is 9.79 Å². The average Bonchev–Trinajstić information content (AvgIpc) is 2.68. The minimum atomic E-state index is -0.159. The Morgan fingerprint density at radius 1 is 1.40 bits per heavy atom. The minimum Gasteiger partial charge on any atom is -0.466 e. The Morgan fingerprint density at radius 2 is 2.10 bits per heavy atom. The summed E-state index contributed by atoms with van der Waals surface area (Å²) in [5.41, 5.74) is 1.03. The number of esters is 1. The van der Waals surface area contributed by atoms with Crippen LogP contribution in [0.3, 0.4) is 0 Å². The largest absolute Gasteiger partial charge is 0.466 e. The molecule has 0 N–H and O–H groups in total. The van der Waals surface area contributed by atoms with Gasteiger partial charge in [-0.25, -0.2) is 0 Å². The number of thiazole rings is 1. The first-order chi connectivity index (χ1) is 9.61. The van der Waals surface area contributed by atoms with Gasteiger partial charge in [0.2, 0.25) is 0 Å². The van der Waals surface area contributed by atoms with Crippen molar-refractivity contribution < 1.29 is 9.53 Å². The zero-order valence-corrected chi connectivity index (χ0v) is 13.5. The van der Waals surface area contributed by atoms with Gasteiger partial charge in [-0.15, -0.1) is 11.3 Å². The number of nitrogens with zero attached hydrogens (tertiary/aromatic N) is 2. The van der Waals surface area contributed by atoms with Gasteiger partial charge in [0.1, 0.15) is 0 Å². The molecule has 0 aliphatic heterocycles. The second-order valence-electron chi connectivity index (χ2n) is 5.35. The van der Waals surface area contributed by atoms with Crippen molar-refractivity contribution in [3.8, 4) is 0 Å². The molecule has 1 aliphatic rings. The fourth-order valence-corrected chi connectivity index (χ4v) is 3.74. The van der Waals surface area contributed by atoms with Crippen LogP contribution in [0.25, 0.3) is 0 Å². The zero-order valence-electron chi connectivity index (χ0n) is 12.6. The van der Waals surface area contributed by atoms with E-state index in [9.17, 15) is 4.79 Å². The van der Waals surface area contributed by atoms with Crippen molar-refractivity contribution in [2.75, 3.05) is 6.61 Å². The summed E-state index contributed by atoms with van der Waals surface area (Å²) in [6, 6.07) is 0.462. The van der Waals surface area contributed by atoms with Gasteiger partial charge < -0.3 is 9.30 Å². The zero-order chi connectivity index (χ0) is 14.5. The average molecular weight is 296 g/mol. The van der Waals surface area contributed by atoms with E-state index in [0.717, 1.165) is 15.4 Å². The number of hydrogen-bond acceptors (Lipinski definition) is 4. The van der Waals surface area contributed by atoms with Crippen LogP contribution in [0.1, 0.15) is 49.6 Å². The van der Waals surface area contributed by atoms with E-state index < -0.39 is 0 Å². The molecule has 20 heavy (non-hydrogen) atoms. The molecular formula is C15H24N2O2S. The maximum atomic E-state index is 11.7. The fourth-order valence-electron chi connectivity index (χ4n) is 2.69. The van der Waals surface area contributed by atoms with E-state index in [1.54, 1.807) is 11.3 Å². The number of carbonyl (C=O) groups excluding carboxylic acids is 1. The van der Waals surface area contributed by atoms with Crippen LogP contribution in [-0.4, -0.2) is 23.2 Å². The first-order valence-corrected chi connectivity index (χ1v) is 8.28. The Morgan fingerprint density at radius 3 is 2.75 bits per heavy atom. The number of aromatic nitrogens is 1. The van der Waals surface area contributed by atoms with Crippen LogP contribution in [0.4, 0.5) is 0 Å². The van der Waals surface area contributed by atoms with E-state index in [4.69, 9.17) is 9.73 Å². The van der Waals surface area contributed by atoms with Crippen molar-refractivity contribution in [1.82, 2.24) is 4.57 Å². The highest BCUT2D eigenvalue weighted by atomic mass is 32.1. The van der Waals surface area contributed by atoms with E-state index in [1.807, 2.05) is 14.0 Å². The summed E-state index contributed by atoms with van der Waals surface area (Å²) in [7, 11) is 2.00. The highest BCUT2D eigenvalue weighted by molar-refractivity contribution is 7.09. The molecule has 0 spiro atoms. The second-order valence-corrected chi connectivity index (χ2v) is 6.53. The lowest BCUT2D eigenvalue weighted by Gasteiger charge is -2.16. The first kappa shape index (κ1) is 15.3. The summed E-state index contributed by atoms with van der Waals surface area (Å²) < 4.78 is 7.10. The summed E-state index contributed by atoms with van der Waals surface area (Å²) in [6.45, 7) is 4.33. The SMILES string of the molecule is CCOC(=O)Cc1c(C)sc(=NC2CCCCC2)n1C. The maximum absolute atomic E-state index is 11.7. The van der Waals surface area contributed by atoms with Crippen LogP contribution in [0.2, 0.25) is 0 Å². The second kappa shape index (κ2) is 7.07. The summed E-state index contributed by atoms with van der Waals surface area (Å²) in [4.78, 5) is 18.7. The fraction of sp³-hybridized carbons (Fsp3) is 0.733. The van der Waals surface area contributed by atoms with Crippen LogP contribution in [0.5, 0.6) is 0 Å². The molecule has 5 heteroatoms. The highest BCUT2D eigenvalue weighted by Gasteiger charge is 2.15. The van der Waals surface area contributed by atoms with Crippen LogP contribution < -0.4 is 4.80 Å². The molecule has 4 nitrogen and oxygen atoms in total. The molecular weight excluding hydrogens is 272 g/mol. The van der Waals surface area contributed by atoms with Crippen molar-refractivity contribution in [3.63, 3.8) is 0 Å². The third kappa shape index (κ3) is 3.72. The summed E-state index contributed by atoms with van der Waals surface area (Å²) in [5.74, 6) is -0.159. The molecule has 0 saturated heterocycles. The molecule has 0 radical (unpaired) electrons. The molecule has 0 unspecified atom stereocenters. The molecule has 0 atom stereocenters. The monoisotopic (exact) mass is 296 g/mol. The lowest BCUT2D eigenvalue weighted by Crippen LogP contribution is -2.21. The van der Waals surface area contributed by atoms with Gasteiger partial charge in [-0.1, -0.05) is 19.3 Å². The van der Waals surface area contributed by atoms with Crippen molar-refractivity contribution in [3.05, 3.63) is 15.4 Å². The third-order valence-corrected chi connectivity index (χ3v) is 4.93. The van der Waals surface area contributed by atoms with E-state index in [2.05, 4.69) is 11.5 Å². The standard InChI is InChI=1S/C15H24N2O2S/c1-4-19-14(18)10-13-11(2)20-15(17(13)3)16-12-8-6-5-7-9-12/h12H,4-10H2,1-3H3. The molecule has 112 valence electrons. The van der Waals surface area contributed by atoms with E-state index in [0.29, 0.717) is 19.1 Å². The third-order valence-electron chi connectivity index (χ3n) is 3.83. The molecule has 2 rings (SSSR count). The van der Waals surface area contributed by atoms with Gasteiger partial charge in [0, 0.05) is 17.6 Å². The maximum Gasteiger partial charge on any atom is 0.311 e. The predicted molar refractivity (Wildman–Crippen MR) is 80.8 cm³/mol. The highest BCUT2D eigenvalue weighted by Crippen LogP contribution is 2.20. The first-order valence-electron chi connectivity index (χ1n) is 7.46. The molecule has 1 saturated carbocycles. The lowest BCUT2D eigenvalue weighted by molar-refractivity contribution is -0.142. The summed E-state index contributed by atoms with van der Waals surface area (Å²) in [5, 5.41) is 0. The minimum absolute atomic E-state index is 0.159.